The second-order valence-corrected chi connectivity index (χ2v) is 10.1. The first-order chi connectivity index (χ1) is 16.0. The largest absolute Gasteiger partial charge is 0.507 e. The summed E-state index contributed by atoms with van der Waals surface area (Å²) in [5, 5.41) is 14.1. The fraction of sp³-hybridized carbons (Fsp3) is 0.125. The van der Waals surface area contributed by atoms with Gasteiger partial charge in [-0.1, -0.05) is 29.0 Å². The van der Waals surface area contributed by atoms with Crippen LogP contribution in [-0.2, 0) is 16.0 Å². The number of Topliss-reactive ketones (excluding diaryl/α,β-unsaturated/α-hetero) is 1. The number of benzene rings is 2. The number of anilines is 1. The van der Waals surface area contributed by atoms with Crippen LogP contribution in [-0.4, -0.2) is 28.4 Å². The maximum Gasteiger partial charge on any atom is 0.301 e. The van der Waals surface area contributed by atoms with E-state index < -0.39 is 17.7 Å². The number of hydrogen-bond acceptors (Lipinski definition) is 7. The van der Waals surface area contributed by atoms with Crippen LogP contribution in [0.3, 0.4) is 0 Å². The van der Waals surface area contributed by atoms with Crippen molar-refractivity contribution in [2.45, 2.75) is 12.5 Å². The highest BCUT2D eigenvalue weighted by Crippen LogP contribution is 2.46. The Labute approximate surface area is 201 Å². The summed E-state index contributed by atoms with van der Waals surface area (Å²) in [6.07, 6.45) is 0.730. The molecule has 1 amide bonds. The molecule has 1 N–H and O–H groups in total. The maximum absolute atomic E-state index is 13.2. The molecule has 4 aromatic rings. The van der Waals surface area contributed by atoms with Gasteiger partial charge in [0.2, 0.25) is 0 Å². The summed E-state index contributed by atoms with van der Waals surface area (Å²) in [6.45, 7) is 0.584. The van der Waals surface area contributed by atoms with Crippen LogP contribution in [0.15, 0.2) is 59.5 Å². The number of thiophene rings is 1. The molecule has 9 heteroatoms. The monoisotopic (exact) mass is 494 g/mol. The van der Waals surface area contributed by atoms with Crippen molar-refractivity contribution in [2.24, 2.45) is 0 Å². The van der Waals surface area contributed by atoms with Crippen molar-refractivity contribution in [2.75, 3.05) is 11.5 Å². The van der Waals surface area contributed by atoms with Crippen molar-refractivity contribution in [3.8, 4) is 5.75 Å². The van der Waals surface area contributed by atoms with Crippen molar-refractivity contribution >= 4 is 67.1 Å². The summed E-state index contributed by atoms with van der Waals surface area (Å²) in [6, 6.07) is 13.5. The van der Waals surface area contributed by atoms with Crippen LogP contribution in [0.4, 0.5) is 5.13 Å². The Bertz CT molecular complexity index is 1480. The van der Waals surface area contributed by atoms with Gasteiger partial charge in [-0.3, -0.25) is 14.5 Å². The van der Waals surface area contributed by atoms with Crippen LogP contribution in [0.1, 0.15) is 22.0 Å². The molecule has 0 spiro atoms. The Kier molecular flexibility index (Phi) is 4.76. The van der Waals surface area contributed by atoms with Gasteiger partial charge in [0, 0.05) is 21.9 Å². The fourth-order valence-electron chi connectivity index (χ4n) is 4.22. The summed E-state index contributed by atoms with van der Waals surface area (Å²) < 4.78 is 6.36. The number of aliphatic hydroxyl groups is 1. The highest BCUT2D eigenvalue weighted by molar-refractivity contribution is 7.22. The van der Waals surface area contributed by atoms with E-state index in [1.54, 1.807) is 30.3 Å². The number of hydrogen-bond donors (Lipinski definition) is 1. The lowest BCUT2D eigenvalue weighted by Crippen LogP contribution is -2.28. The summed E-state index contributed by atoms with van der Waals surface area (Å²) in [5.74, 6) is -0.882. The average molecular weight is 495 g/mol. The quantitative estimate of drug-likeness (QED) is 0.229. The third-order valence-electron chi connectivity index (χ3n) is 5.77. The number of rotatable bonds is 3. The van der Waals surface area contributed by atoms with Crippen molar-refractivity contribution in [3.63, 3.8) is 0 Å². The van der Waals surface area contributed by atoms with Crippen molar-refractivity contribution in [3.05, 3.63) is 80.5 Å². The summed E-state index contributed by atoms with van der Waals surface area (Å²) in [7, 11) is 0. The van der Waals surface area contributed by atoms with Crippen LogP contribution >= 0.6 is 34.3 Å². The number of carbonyl (C=O) groups excluding carboxylic acids is 2. The van der Waals surface area contributed by atoms with Gasteiger partial charge in [-0.05, 0) is 53.4 Å². The average Bonchev–Trinajstić information content (AvgIpc) is 3.59. The first kappa shape index (κ1) is 20.4. The molecule has 6 nitrogen and oxygen atoms in total. The Morgan fingerprint density at radius 1 is 1.18 bits per heavy atom. The molecule has 2 aromatic carbocycles. The molecule has 164 valence electrons. The Hall–Kier alpha value is -3.20. The minimum Gasteiger partial charge on any atom is -0.507 e. The lowest BCUT2D eigenvalue weighted by Gasteiger charge is -2.21. The van der Waals surface area contributed by atoms with Crippen molar-refractivity contribution in [1.82, 2.24) is 4.98 Å². The molecule has 1 fully saturated rings. The summed E-state index contributed by atoms with van der Waals surface area (Å²) >= 11 is 8.81. The van der Waals surface area contributed by atoms with Crippen LogP contribution in [0.2, 0.25) is 5.02 Å². The van der Waals surface area contributed by atoms with Gasteiger partial charge in [0.25, 0.3) is 5.78 Å². The molecule has 0 radical (unpaired) electrons. The minimum atomic E-state index is -0.773. The number of fused-ring (bicyclic) bond motifs is 2. The molecule has 2 aliphatic rings. The predicted octanol–water partition coefficient (Wildman–Crippen LogP) is 5.57. The van der Waals surface area contributed by atoms with E-state index in [1.807, 2.05) is 23.6 Å². The van der Waals surface area contributed by atoms with Crippen molar-refractivity contribution < 1.29 is 19.4 Å². The smallest absolute Gasteiger partial charge is 0.301 e. The summed E-state index contributed by atoms with van der Waals surface area (Å²) in [5.41, 5.74) is 2.18. The van der Waals surface area contributed by atoms with E-state index in [9.17, 15) is 14.7 Å². The van der Waals surface area contributed by atoms with Gasteiger partial charge in [-0.25, -0.2) is 4.98 Å². The van der Waals surface area contributed by atoms with Crippen LogP contribution in [0, 0.1) is 0 Å². The molecule has 2 aromatic heterocycles. The maximum atomic E-state index is 13.2. The molecule has 1 atom stereocenters. The Morgan fingerprint density at radius 3 is 2.88 bits per heavy atom. The summed E-state index contributed by atoms with van der Waals surface area (Å²) in [4.78, 5) is 33.2. The van der Waals surface area contributed by atoms with E-state index in [2.05, 4.69) is 4.98 Å². The number of amides is 1. The molecular formula is C24H15ClN2O4S2. The molecule has 0 bridgehead atoms. The van der Waals surface area contributed by atoms with E-state index in [4.69, 9.17) is 16.3 Å². The lowest BCUT2D eigenvalue weighted by atomic mass is 9.98. The number of halogens is 1. The van der Waals surface area contributed by atoms with E-state index >= 15 is 0 Å². The van der Waals surface area contributed by atoms with Gasteiger partial charge in [0.05, 0.1) is 22.4 Å². The molecule has 33 heavy (non-hydrogen) atoms. The van der Waals surface area contributed by atoms with Gasteiger partial charge in [-0.2, -0.15) is 0 Å². The number of carbonyl (C=O) groups is 2. The van der Waals surface area contributed by atoms with Gasteiger partial charge < -0.3 is 9.84 Å². The topological polar surface area (TPSA) is 79.7 Å². The minimum absolute atomic E-state index is 0.0543. The number of aliphatic hydroxyl groups excluding tert-OH is 1. The van der Waals surface area contributed by atoms with Crippen LogP contribution in [0.25, 0.3) is 16.0 Å². The highest BCUT2D eigenvalue weighted by atomic mass is 35.5. The molecule has 1 saturated heterocycles. The predicted molar refractivity (Wildman–Crippen MR) is 129 cm³/mol. The van der Waals surface area contributed by atoms with Gasteiger partial charge in [0.15, 0.2) is 5.13 Å². The molecule has 6 rings (SSSR count). The lowest BCUT2D eigenvalue weighted by molar-refractivity contribution is -0.132. The Morgan fingerprint density at radius 2 is 2.06 bits per heavy atom. The van der Waals surface area contributed by atoms with Gasteiger partial charge >= 0.3 is 5.91 Å². The zero-order valence-corrected chi connectivity index (χ0v) is 19.3. The first-order valence-corrected chi connectivity index (χ1v) is 12.3. The second kappa shape index (κ2) is 7.69. The normalized spacial score (nSPS) is 19.3. The number of ether oxygens (including phenoxy) is 1. The van der Waals surface area contributed by atoms with Gasteiger partial charge in [-0.15, -0.1) is 11.3 Å². The first-order valence-electron chi connectivity index (χ1n) is 10.2. The third kappa shape index (κ3) is 3.25. The molecule has 1 unspecified atom stereocenters. The SMILES string of the molecule is O=C1C(=O)N(c2nc3ccc(Cl)cc3s2)C(c2cccs2)/C1=C(\O)c1ccc2c(c1)CCO2. The zero-order chi connectivity index (χ0) is 22.7. The van der Waals surface area contributed by atoms with Crippen LogP contribution in [0.5, 0.6) is 5.75 Å². The van der Waals surface area contributed by atoms with E-state index in [0.29, 0.717) is 27.8 Å². The van der Waals surface area contributed by atoms with E-state index in [-0.39, 0.29) is 11.3 Å². The number of aromatic nitrogens is 1. The third-order valence-corrected chi connectivity index (χ3v) is 7.94. The molecule has 4 heterocycles. The second-order valence-electron chi connectivity index (χ2n) is 7.71. The molecular weight excluding hydrogens is 480 g/mol. The number of nitrogens with zero attached hydrogens (tertiary/aromatic N) is 2. The van der Waals surface area contributed by atoms with E-state index in [1.165, 1.54) is 27.6 Å². The van der Waals surface area contributed by atoms with Crippen molar-refractivity contribution in [1.29, 1.82) is 0 Å². The molecule has 0 saturated carbocycles. The zero-order valence-electron chi connectivity index (χ0n) is 16.9. The standard InChI is InChI=1S/C24H15ClN2O4S2/c25-14-4-5-15-18(11-14)33-24(26-15)27-20(17-2-1-9-32-17)19(22(29)23(27)30)21(28)13-3-6-16-12(10-13)7-8-31-16/h1-6,9-11,20,28H,7-8H2/b21-19+. The van der Waals surface area contributed by atoms with Crippen LogP contribution < -0.4 is 9.64 Å². The van der Waals surface area contributed by atoms with E-state index in [0.717, 1.165) is 27.3 Å². The molecule has 0 aliphatic carbocycles. The Balaban J connectivity index is 1.53. The number of thiazole rings is 1. The van der Waals surface area contributed by atoms with Gasteiger partial charge in [0.1, 0.15) is 17.6 Å². The molecule has 2 aliphatic heterocycles. The highest BCUT2D eigenvalue weighted by Gasteiger charge is 2.48. The number of ketones is 1. The fourth-order valence-corrected chi connectivity index (χ4v) is 6.32.